The van der Waals surface area contributed by atoms with Crippen molar-refractivity contribution in [3.8, 4) is 0 Å². The predicted molar refractivity (Wildman–Crippen MR) is 129 cm³/mol. The van der Waals surface area contributed by atoms with Gasteiger partial charge in [0, 0.05) is 37.5 Å². The summed E-state index contributed by atoms with van der Waals surface area (Å²) in [6, 6.07) is 19.5. The monoisotopic (exact) mass is 440 g/mol. The lowest BCUT2D eigenvalue weighted by Gasteiger charge is -2.29. The van der Waals surface area contributed by atoms with Crippen molar-refractivity contribution in [3.63, 3.8) is 0 Å². The van der Waals surface area contributed by atoms with Crippen LogP contribution in [-0.4, -0.2) is 34.8 Å². The van der Waals surface area contributed by atoms with Crippen LogP contribution in [0.2, 0.25) is 0 Å². The summed E-state index contributed by atoms with van der Waals surface area (Å²) in [6.45, 7) is 5.46. The van der Waals surface area contributed by atoms with Gasteiger partial charge in [0.25, 0.3) is 0 Å². The minimum absolute atomic E-state index is 0.0862. The van der Waals surface area contributed by atoms with E-state index in [1.165, 1.54) is 5.57 Å². The van der Waals surface area contributed by atoms with Crippen LogP contribution in [0.1, 0.15) is 46.0 Å². The Balaban J connectivity index is 1.40. The van der Waals surface area contributed by atoms with Crippen LogP contribution >= 0.6 is 0 Å². The number of carbonyl (C=O) groups excluding carboxylic acids is 2. The second kappa shape index (κ2) is 10.3. The quantitative estimate of drug-likeness (QED) is 0.466. The minimum Gasteiger partial charge on any atom is -0.445 e. The van der Waals surface area contributed by atoms with Gasteiger partial charge >= 0.3 is 6.09 Å². The highest BCUT2D eigenvalue weighted by atomic mass is 16.6. The first-order valence-corrected chi connectivity index (χ1v) is 11.2. The Hall–Kier alpha value is -3.73. The van der Waals surface area contributed by atoms with Gasteiger partial charge in [-0.3, -0.25) is 9.78 Å². The Labute approximate surface area is 194 Å². The average molecular weight is 441 g/mol. The van der Waals surface area contributed by atoms with Gasteiger partial charge in [-0.1, -0.05) is 60.2 Å². The Morgan fingerprint density at radius 3 is 2.45 bits per heavy atom. The van der Waals surface area contributed by atoms with Gasteiger partial charge in [-0.2, -0.15) is 0 Å². The normalized spacial score (nSPS) is 13.7. The minimum atomic E-state index is -0.293. The molecule has 33 heavy (non-hydrogen) atoms. The molecule has 0 aliphatic carbocycles. The fraction of sp³-hybridized carbons (Fsp3) is 0.250. The van der Waals surface area contributed by atoms with Crippen molar-refractivity contribution in [3.05, 3.63) is 106 Å². The molecule has 0 N–H and O–H groups in total. The van der Waals surface area contributed by atoms with E-state index in [0.29, 0.717) is 25.1 Å². The van der Waals surface area contributed by atoms with E-state index in [9.17, 15) is 9.59 Å². The number of nitrogens with zero attached hydrogens (tertiary/aromatic N) is 2. The molecule has 0 bridgehead atoms. The fourth-order valence-corrected chi connectivity index (χ4v) is 4.05. The molecule has 0 unspecified atom stereocenters. The summed E-state index contributed by atoms with van der Waals surface area (Å²) in [5, 5.41) is 0. The maximum atomic E-state index is 12.7. The summed E-state index contributed by atoms with van der Waals surface area (Å²) >= 11 is 0. The predicted octanol–water partition coefficient (Wildman–Crippen LogP) is 5.63. The highest BCUT2D eigenvalue weighted by Crippen LogP contribution is 2.27. The standard InChI is InChI=1S/C28H28N2O3/c1-20-13-15-30(28(32)33-19-23-6-4-3-5-7-23)18-26(20)24-10-8-22(9-11-24)16-27(31)25-12-14-29-17-21(25)2/h3-12,14,17H,13,15-16,18-19H2,1-2H3. The number of hydrogen-bond donors (Lipinski definition) is 0. The first-order valence-electron chi connectivity index (χ1n) is 11.2. The van der Waals surface area contributed by atoms with Gasteiger partial charge in [0.15, 0.2) is 5.78 Å². The lowest BCUT2D eigenvalue weighted by molar-refractivity contribution is 0.0987. The molecule has 2 heterocycles. The third-order valence-electron chi connectivity index (χ3n) is 6.07. The van der Waals surface area contributed by atoms with Crippen molar-refractivity contribution < 1.29 is 14.3 Å². The zero-order valence-electron chi connectivity index (χ0n) is 19.1. The number of benzene rings is 2. The molecular formula is C28H28N2O3. The summed E-state index contributed by atoms with van der Waals surface area (Å²) in [7, 11) is 0. The van der Waals surface area contributed by atoms with Crippen LogP contribution in [0.3, 0.4) is 0 Å². The molecule has 0 atom stereocenters. The average Bonchev–Trinajstić information content (AvgIpc) is 2.84. The lowest BCUT2D eigenvalue weighted by atomic mass is 9.93. The van der Waals surface area contributed by atoms with Gasteiger partial charge in [0.2, 0.25) is 0 Å². The SMILES string of the molecule is CC1=C(c2ccc(CC(=O)c3ccncc3C)cc2)CN(C(=O)OCc2ccccc2)CC1. The molecule has 0 fully saturated rings. The van der Waals surface area contributed by atoms with Crippen LogP contribution < -0.4 is 0 Å². The van der Waals surface area contributed by atoms with Crippen molar-refractivity contribution in [2.45, 2.75) is 33.3 Å². The summed E-state index contributed by atoms with van der Waals surface area (Å²) in [6.07, 6.45) is 4.24. The molecule has 0 saturated heterocycles. The molecule has 1 amide bonds. The lowest BCUT2D eigenvalue weighted by Crippen LogP contribution is -2.36. The number of aromatic nitrogens is 1. The van der Waals surface area contributed by atoms with Gasteiger partial charge in [0.05, 0.1) is 0 Å². The van der Waals surface area contributed by atoms with E-state index in [-0.39, 0.29) is 18.5 Å². The van der Waals surface area contributed by atoms with Crippen molar-refractivity contribution in [2.24, 2.45) is 0 Å². The summed E-state index contributed by atoms with van der Waals surface area (Å²) in [5.74, 6) is 0.0862. The van der Waals surface area contributed by atoms with Crippen LogP contribution in [-0.2, 0) is 17.8 Å². The zero-order chi connectivity index (χ0) is 23.2. The molecule has 0 radical (unpaired) electrons. The van der Waals surface area contributed by atoms with Crippen LogP contribution in [0.5, 0.6) is 0 Å². The summed E-state index contributed by atoms with van der Waals surface area (Å²) in [5.41, 5.74) is 7.03. The first-order chi connectivity index (χ1) is 16.0. The van der Waals surface area contributed by atoms with Gasteiger partial charge in [-0.05, 0) is 54.2 Å². The number of amides is 1. The number of ketones is 1. The number of aryl methyl sites for hydroxylation is 1. The van der Waals surface area contributed by atoms with Crippen molar-refractivity contribution >= 4 is 17.4 Å². The molecule has 2 aromatic carbocycles. The maximum absolute atomic E-state index is 12.7. The van der Waals surface area contributed by atoms with Crippen molar-refractivity contribution in [1.29, 1.82) is 0 Å². The van der Waals surface area contributed by atoms with Crippen LogP contribution in [0.25, 0.3) is 5.57 Å². The Morgan fingerprint density at radius 2 is 1.73 bits per heavy atom. The van der Waals surface area contributed by atoms with E-state index in [1.54, 1.807) is 23.4 Å². The van der Waals surface area contributed by atoms with E-state index in [0.717, 1.165) is 34.2 Å². The van der Waals surface area contributed by atoms with Crippen molar-refractivity contribution in [1.82, 2.24) is 9.88 Å². The highest BCUT2D eigenvalue weighted by Gasteiger charge is 2.23. The summed E-state index contributed by atoms with van der Waals surface area (Å²) in [4.78, 5) is 31.1. The Bertz CT molecular complexity index is 1170. The molecule has 0 spiro atoms. The number of hydrogen-bond acceptors (Lipinski definition) is 4. The van der Waals surface area contributed by atoms with E-state index in [1.807, 2.05) is 61.5 Å². The number of Topliss-reactive ketones (excluding diaryl/α,β-unsaturated/α-hetero) is 1. The van der Waals surface area contributed by atoms with Gasteiger partial charge in [-0.15, -0.1) is 0 Å². The third kappa shape index (κ3) is 5.55. The smallest absolute Gasteiger partial charge is 0.410 e. The first kappa shape index (κ1) is 22.5. The zero-order valence-corrected chi connectivity index (χ0v) is 19.1. The van der Waals surface area contributed by atoms with E-state index in [2.05, 4.69) is 11.9 Å². The van der Waals surface area contributed by atoms with Crippen LogP contribution in [0, 0.1) is 6.92 Å². The maximum Gasteiger partial charge on any atom is 0.410 e. The van der Waals surface area contributed by atoms with E-state index < -0.39 is 0 Å². The second-order valence-corrected chi connectivity index (χ2v) is 8.46. The summed E-state index contributed by atoms with van der Waals surface area (Å²) < 4.78 is 5.52. The number of carbonyl (C=O) groups is 2. The molecular weight excluding hydrogens is 412 g/mol. The van der Waals surface area contributed by atoms with Gasteiger partial charge in [-0.25, -0.2) is 4.79 Å². The molecule has 0 saturated carbocycles. The number of rotatable bonds is 6. The molecule has 1 aliphatic rings. The fourth-order valence-electron chi connectivity index (χ4n) is 4.05. The highest BCUT2D eigenvalue weighted by molar-refractivity contribution is 5.98. The van der Waals surface area contributed by atoms with Gasteiger partial charge in [0.1, 0.15) is 6.61 Å². The largest absolute Gasteiger partial charge is 0.445 e. The second-order valence-electron chi connectivity index (χ2n) is 8.46. The van der Waals surface area contributed by atoms with E-state index >= 15 is 0 Å². The van der Waals surface area contributed by atoms with Gasteiger partial charge < -0.3 is 9.64 Å². The van der Waals surface area contributed by atoms with Crippen molar-refractivity contribution in [2.75, 3.05) is 13.1 Å². The topological polar surface area (TPSA) is 59.5 Å². The molecule has 3 aromatic rings. The number of pyridine rings is 1. The molecule has 5 heteroatoms. The molecule has 1 aromatic heterocycles. The molecule has 5 nitrogen and oxygen atoms in total. The Morgan fingerprint density at radius 1 is 0.970 bits per heavy atom. The third-order valence-corrected chi connectivity index (χ3v) is 6.07. The van der Waals surface area contributed by atoms with E-state index in [4.69, 9.17) is 4.74 Å². The molecule has 168 valence electrons. The van der Waals surface area contributed by atoms with Crippen LogP contribution in [0.4, 0.5) is 4.79 Å². The molecule has 4 rings (SSSR count). The number of ether oxygens (including phenoxy) is 1. The van der Waals surface area contributed by atoms with Crippen LogP contribution in [0.15, 0.2) is 78.6 Å². The molecule has 1 aliphatic heterocycles. The Kier molecular flexibility index (Phi) is 6.98.